The van der Waals surface area contributed by atoms with Crippen LogP contribution in [0.5, 0.6) is 0 Å². The molecule has 0 saturated carbocycles. The quantitative estimate of drug-likeness (QED) is 0.321. The summed E-state index contributed by atoms with van der Waals surface area (Å²) >= 11 is 6.95. The van der Waals surface area contributed by atoms with Crippen molar-refractivity contribution in [1.29, 1.82) is 0 Å². The molecule has 0 nitrogen and oxygen atoms in total. The zero-order chi connectivity index (χ0) is 3.58. The normalized spacial score (nSPS) is 7.20. The molecule has 0 fully saturated rings. The second-order valence-corrected chi connectivity index (χ2v) is 11.1. The number of halogens is 3. The SMILES string of the molecule is IC(I)I.[NaH]. The van der Waals surface area contributed by atoms with Gasteiger partial charge in [-0.3, -0.25) is 0 Å². The van der Waals surface area contributed by atoms with Crippen molar-refractivity contribution >= 4 is 97.3 Å². The van der Waals surface area contributed by atoms with Crippen LogP contribution in [0, 0.1) is 0 Å². The third-order valence-corrected chi connectivity index (χ3v) is 0. The molecular weight excluding hydrogens is 416 g/mol. The Hall–Kier alpha value is 3.19. The van der Waals surface area contributed by atoms with Crippen molar-refractivity contribution in [3.05, 3.63) is 0 Å². The Labute approximate surface area is 94.9 Å². The molecular formula is CH2I3Na. The molecule has 0 aromatic carbocycles. The van der Waals surface area contributed by atoms with Crippen molar-refractivity contribution in [2.45, 2.75) is -0.0619 Å². The molecule has 0 unspecified atom stereocenters. The summed E-state index contributed by atoms with van der Waals surface area (Å²) in [6, 6.07) is 0. The Balaban J connectivity index is 0. The summed E-state index contributed by atoms with van der Waals surface area (Å²) in [6.45, 7) is 0. The summed E-state index contributed by atoms with van der Waals surface area (Å²) in [5.41, 5.74) is 0. The van der Waals surface area contributed by atoms with Gasteiger partial charge in [-0.2, -0.15) is 0 Å². The molecule has 0 aliphatic rings. The van der Waals surface area contributed by atoms with Crippen LogP contribution in [0.25, 0.3) is 0 Å². The van der Waals surface area contributed by atoms with Gasteiger partial charge < -0.3 is 0 Å². The van der Waals surface area contributed by atoms with E-state index in [1.165, 1.54) is 0 Å². The van der Waals surface area contributed by atoms with Crippen LogP contribution in [0.2, 0.25) is 0 Å². The van der Waals surface area contributed by atoms with Crippen LogP contribution in [0.1, 0.15) is 0 Å². The van der Waals surface area contributed by atoms with Crippen LogP contribution in [0.3, 0.4) is 0 Å². The van der Waals surface area contributed by atoms with E-state index in [9.17, 15) is 0 Å². The molecule has 0 saturated heterocycles. The molecule has 0 rings (SSSR count). The van der Waals surface area contributed by atoms with Crippen LogP contribution in [-0.4, -0.2) is 29.5 Å². The summed E-state index contributed by atoms with van der Waals surface area (Å²) < 4.78 is 0.743. The molecule has 0 aliphatic carbocycles. The molecule has 4 heteroatoms. The van der Waals surface area contributed by atoms with Gasteiger partial charge in [0.25, 0.3) is 0 Å². The summed E-state index contributed by atoms with van der Waals surface area (Å²) in [5.74, 6) is 0. The van der Waals surface area contributed by atoms with E-state index in [1.807, 2.05) is 0 Å². The van der Waals surface area contributed by atoms with Gasteiger partial charge >= 0.3 is 29.6 Å². The van der Waals surface area contributed by atoms with E-state index in [1.54, 1.807) is 0 Å². The summed E-state index contributed by atoms with van der Waals surface area (Å²) in [6.07, 6.45) is 0. The third-order valence-electron chi connectivity index (χ3n) is 0. The number of hydrogen-bond acceptors (Lipinski definition) is 0. The Morgan fingerprint density at radius 3 is 1.00 bits per heavy atom. The molecule has 0 amide bonds. The zero-order valence-corrected chi connectivity index (χ0v) is 8.18. The molecule has 0 atom stereocenters. The molecule has 0 bridgehead atoms. The molecule has 0 aromatic heterocycles. The summed E-state index contributed by atoms with van der Waals surface area (Å²) in [5, 5.41) is 0. The van der Waals surface area contributed by atoms with Gasteiger partial charge in [0.2, 0.25) is 0 Å². The first-order valence-electron chi connectivity index (χ1n) is 0.655. The van der Waals surface area contributed by atoms with Crippen LogP contribution in [-0.2, 0) is 0 Å². The van der Waals surface area contributed by atoms with E-state index < -0.39 is 0 Å². The molecule has 0 heterocycles. The first kappa shape index (κ1) is 11.0. The minimum absolute atomic E-state index is 0. The van der Waals surface area contributed by atoms with Crippen molar-refractivity contribution in [3.63, 3.8) is 0 Å². The van der Waals surface area contributed by atoms with Crippen molar-refractivity contribution in [2.24, 2.45) is 0 Å². The Bertz CT molecular complexity index is 11.6. The van der Waals surface area contributed by atoms with Crippen LogP contribution < -0.4 is 0 Å². The van der Waals surface area contributed by atoms with Gasteiger partial charge in [-0.15, -0.1) is 0 Å². The predicted octanol–water partition coefficient (Wildman–Crippen LogP) is 1.93. The molecule has 28 valence electrons. The maximum absolute atomic E-state index is 2.32. The molecule has 0 spiro atoms. The number of hydrogen-bond donors (Lipinski definition) is 0. The second kappa shape index (κ2) is 7.19. The van der Waals surface area contributed by atoms with E-state index >= 15 is 0 Å². The molecule has 0 N–H and O–H groups in total. The maximum atomic E-state index is 2.32. The topological polar surface area (TPSA) is 0 Å². The summed E-state index contributed by atoms with van der Waals surface area (Å²) in [4.78, 5) is 0. The van der Waals surface area contributed by atoms with Crippen molar-refractivity contribution in [1.82, 2.24) is 0 Å². The second-order valence-electron chi connectivity index (χ2n) is 0.247. The van der Waals surface area contributed by atoms with Gasteiger partial charge in [-0.1, -0.05) is 67.8 Å². The first-order valence-corrected chi connectivity index (χ1v) is 4.39. The Morgan fingerprint density at radius 2 is 1.00 bits per heavy atom. The van der Waals surface area contributed by atoms with Crippen molar-refractivity contribution in [3.8, 4) is 0 Å². The van der Waals surface area contributed by atoms with E-state index in [0.717, 1.165) is -0.0619 Å². The fraction of sp³-hybridized carbons (Fsp3) is 1.00. The number of alkyl halides is 3. The van der Waals surface area contributed by atoms with E-state index in [0.29, 0.717) is 0 Å². The molecule has 0 aliphatic heterocycles. The van der Waals surface area contributed by atoms with E-state index in [4.69, 9.17) is 0 Å². The molecule has 0 radical (unpaired) electrons. The monoisotopic (exact) mass is 418 g/mol. The van der Waals surface area contributed by atoms with Gasteiger partial charge in [0, 0.05) is 0 Å². The average Bonchev–Trinajstić information content (AvgIpc) is 0.811. The first-order chi connectivity index (χ1) is 1.73. The minimum atomic E-state index is 0. The van der Waals surface area contributed by atoms with Gasteiger partial charge in [0.15, 0.2) is 0 Å². The van der Waals surface area contributed by atoms with Gasteiger partial charge in [0.1, 0.15) is -0.0619 Å². The summed E-state index contributed by atoms with van der Waals surface area (Å²) in [7, 11) is 0. The van der Waals surface area contributed by atoms with Crippen LogP contribution in [0.15, 0.2) is 0 Å². The average molecular weight is 418 g/mol. The van der Waals surface area contributed by atoms with Gasteiger partial charge in [-0.05, 0) is 0 Å². The van der Waals surface area contributed by atoms with Gasteiger partial charge in [-0.25, -0.2) is 0 Å². The third kappa shape index (κ3) is 19.0. The van der Waals surface area contributed by atoms with Crippen LogP contribution in [0.4, 0.5) is 0 Å². The van der Waals surface area contributed by atoms with Crippen molar-refractivity contribution in [2.75, 3.05) is 0 Å². The Morgan fingerprint density at radius 1 is 1.00 bits per heavy atom. The van der Waals surface area contributed by atoms with Crippen LogP contribution >= 0.6 is 67.8 Å². The molecule has 0 aromatic rings. The van der Waals surface area contributed by atoms with Crippen molar-refractivity contribution < 1.29 is 0 Å². The predicted molar refractivity (Wildman–Crippen MR) is 53.0 cm³/mol. The molecule has 5 heavy (non-hydrogen) atoms. The van der Waals surface area contributed by atoms with E-state index in [-0.39, 0.29) is 29.6 Å². The standard InChI is InChI=1S/CHI3.Na.H/c2-1(3)4;;/h1H;;. The Kier molecular flexibility index (Phi) is 15.9. The van der Waals surface area contributed by atoms with E-state index in [2.05, 4.69) is 67.8 Å². The fourth-order valence-corrected chi connectivity index (χ4v) is 0. The van der Waals surface area contributed by atoms with Gasteiger partial charge in [0.05, 0.1) is 0 Å². The number of rotatable bonds is 0. The fourth-order valence-electron chi connectivity index (χ4n) is 0. The zero-order valence-electron chi connectivity index (χ0n) is 1.71.